The van der Waals surface area contributed by atoms with Crippen LogP contribution in [0, 0.1) is 0 Å². The van der Waals surface area contributed by atoms with E-state index in [9.17, 15) is 0 Å². The summed E-state index contributed by atoms with van der Waals surface area (Å²) in [5.74, 6) is 1.85. The minimum absolute atomic E-state index is 0.206. The van der Waals surface area contributed by atoms with Crippen LogP contribution in [0.4, 0.5) is 5.82 Å². The molecule has 0 saturated carbocycles. The van der Waals surface area contributed by atoms with Crippen LogP contribution in [0.25, 0.3) is 21.6 Å². The minimum atomic E-state index is 0.206. The maximum Gasteiger partial charge on any atom is 0.164 e. The van der Waals surface area contributed by atoms with Gasteiger partial charge < -0.3 is 9.64 Å². The molecule has 0 unspecified atom stereocenters. The highest BCUT2D eigenvalue weighted by Gasteiger charge is 2.29. The van der Waals surface area contributed by atoms with Gasteiger partial charge in [-0.2, -0.15) is 0 Å². The van der Waals surface area contributed by atoms with E-state index in [-0.39, 0.29) is 12.2 Å². The molecule has 1 aliphatic carbocycles. The Kier molecular flexibility index (Phi) is 3.90. The van der Waals surface area contributed by atoms with Gasteiger partial charge in [-0.05, 0) is 50.8 Å². The summed E-state index contributed by atoms with van der Waals surface area (Å²) >= 11 is 1.85. The van der Waals surface area contributed by atoms with E-state index in [4.69, 9.17) is 14.7 Å². The molecule has 3 aromatic rings. The van der Waals surface area contributed by atoms with Crippen LogP contribution >= 0.6 is 11.3 Å². The summed E-state index contributed by atoms with van der Waals surface area (Å²) in [5, 5.41) is 1.27. The summed E-state index contributed by atoms with van der Waals surface area (Å²) < 4.78 is 5.95. The Labute approximate surface area is 157 Å². The normalized spacial score (nSPS) is 22.8. The van der Waals surface area contributed by atoms with Gasteiger partial charge in [0.05, 0.1) is 17.6 Å². The topological polar surface area (TPSA) is 51.1 Å². The molecule has 26 heavy (non-hydrogen) atoms. The number of ether oxygens (including phenoxy) is 1. The fourth-order valence-electron chi connectivity index (χ4n) is 4.18. The lowest BCUT2D eigenvalue weighted by molar-refractivity contribution is -0.00536. The summed E-state index contributed by atoms with van der Waals surface area (Å²) in [4.78, 5) is 19.2. The lowest BCUT2D eigenvalue weighted by atomic mass is 10.1. The molecule has 1 fully saturated rings. The van der Waals surface area contributed by atoms with Gasteiger partial charge in [-0.25, -0.2) is 9.97 Å². The number of aromatic nitrogens is 3. The zero-order valence-electron chi connectivity index (χ0n) is 15.1. The lowest BCUT2D eigenvalue weighted by Crippen LogP contribution is -2.46. The van der Waals surface area contributed by atoms with Crippen molar-refractivity contribution < 1.29 is 4.74 Å². The van der Waals surface area contributed by atoms with Gasteiger partial charge in [0, 0.05) is 35.9 Å². The third-order valence-electron chi connectivity index (χ3n) is 5.18. The van der Waals surface area contributed by atoms with Crippen LogP contribution in [0.1, 0.15) is 30.7 Å². The number of morpholine rings is 1. The molecule has 134 valence electrons. The predicted octanol–water partition coefficient (Wildman–Crippen LogP) is 3.86. The van der Waals surface area contributed by atoms with Gasteiger partial charge in [-0.1, -0.05) is 0 Å². The van der Waals surface area contributed by atoms with Gasteiger partial charge in [0.15, 0.2) is 5.82 Å². The van der Waals surface area contributed by atoms with Gasteiger partial charge in [0.25, 0.3) is 0 Å². The molecule has 2 atom stereocenters. The zero-order chi connectivity index (χ0) is 17.7. The standard InChI is InChI=1S/C20H22N4OS/c1-12-10-24(11-13(2)25-12)19-17-15-6-3-7-16(15)26-20(17)23-18(22-19)14-5-4-8-21-9-14/h4-5,8-9,12-13H,3,6-7,10-11H2,1-2H3/t12-,13+. The number of nitrogens with zero attached hydrogens (tertiary/aromatic N) is 4. The average molecular weight is 366 g/mol. The Hall–Kier alpha value is -2.05. The monoisotopic (exact) mass is 366 g/mol. The number of hydrogen-bond donors (Lipinski definition) is 0. The average Bonchev–Trinajstić information content (AvgIpc) is 3.21. The van der Waals surface area contributed by atoms with Crippen molar-refractivity contribution in [2.75, 3.05) is 18.0 Å². The number of hydrogen-bond acceptors (Lipinski definition) is 6. The highest BCUT2D eigenvalue weighted by Crippen LogP contribution is 2.42. The van der Waals surface area contributed by atoms with Crippen LogP contribution in [0.5, 0.6) is 0 Å². The van der Waals surface area contributed by atoms with Crippen molar-refractivity contribution in [1.82, 2.24) is 15.0 Å². The second-order valence-electron chi connectivity index (χ2n) is 7.31. The van der Waals surface area contributed by atoms with Crippen LogP contribution in [0.2, 0.25) is 0 Å². The van der Waals surface area contributed by atoms with Gasteiger partial charge in [-0.15, -0.1) is 11.3 Å². The highest BCUT2D eigenvalue weighted by molar-refractivity contribution is 7.19. The quantitative estimate of drug-likeness (QED) is 0.689. The molecule has 2 aliphatic rings. The van der Waals surface area contributed by atoms with Crippen LogP contribution < -0.4 is 4.90 Å². The van der Waals surface area contributed by atoms with E-state index in [1.54, 1.807) is 6.20 Å². The second-order valence-corrected chi connectivity index (χ2v) is 8.40. The van der Waals surface area contributed by atoms with E-state index in [2.05, 4.69) is 23.7 Å². The fourth-order valence-corrected chi connectivity index (χ4v) is 5.44. The van der Waals surface area contributed by atoms with E-state index in [1.165, 1.54) is 28.7 Å². The third kappa shape index (κ3) is 2.68. The first-order valence-corrected chi connectivity index (χ1v) is 10.1. The smallest absolute Gasteiger partial charge is 0.164 e. The van der Waals surface area contributed by atoms with Crippen LogP contribution in [-0.2, 0) is 17.6 Å². The summed E-state index contributed by atoms with van der Waals surface area (Å²) in [6, 6.07) is 3.97. The molecule has 5 nitrogen and oxygen atoms in total. The Balaban J connectivity index is 1.71. The molecule has 6 heteroatoms. The molecule has 1 saturated heterocycles. The van der Waals surface area contributed by atoms with E-state index in [1.807, 2.05) is 29.7 Å². The summed E-state index contributed by atoms with van der Waals surface area (Å²) in [6.07, 6.45) is 7.61. The lowest BCUT2D eigenvalue weighted by Gasteiger charge is -2.36. The van der Waals surface area contributed by atoms with Crippen molar-refractivity contribution in [2.45, 2.75) is 45.3 Å². The molecule has 0 aromatic carbocycles. The van der Waals surface area contributed by atoms with Gasteiger partial charge >= 0.3 is 0 Å². The molecule has 0 radical (unpaired) electrons. The van der Waals surface area contributed by atoms with E-state index in [0.29, 0.717) is 0 Å². The fraction of sp³-hybridized carbons (Fsp3) is 0.450. The molecular formula is C20H22N4OS. The number of aryl methyl sites for hydroxylation is 2. The first kappa shape index (κ1) is 16.1. The SMILES string of the molecule is C[C@@H]1CN(c2nc(-c3cccnc3)nc3sc4c(c23)CCC4)C[C@H](C)O1. The number of fused-ring (bicyclic) bond motifs is 3. The maximum atomic E-state index is 5.95. The van der Waals surface area contributed by atoms with Gasteiger partial charge in [0.1, 0.15) is 10.6 Å². The molecule has 4 heterocycles. The first-order valence-electron chi connectivity index (χ1n) is 9.32. The van der Waals surface area contributed by atoms with Crippen LogP contribution in [0.3, 0.4) is 0 Å². The van der Waals surface area contributed by atoms with Crippen molar-refractivity contribution in [3.63, 3.8) is 0 Å². The van der Waals surface area contributed by atoms with E-state index >= 15 is 0 Å². The summed E-state index contributed by atoms with van der Waals surface area (Å²) in [5.41, 5.74) is 2.45. The van der Waals surface area contributed by atoms with Crippen molar-refractivity contribution in [1.29, 1.82) is 0 Å². The summed E-state index contributed by atoms with van der Waals surface area (Å²) in [7, 11) is 0. The number of pyridine rings is 1. The Bertz CT molecular complexity index is 945. The van der Waals surface area contributed by atoms with Crippen molar-refractivity contribution in [3.05, 3.63) is 35.0 Å². The van der Waals surface area contributed by atoms with Crippen LogP contribution in [0.15, 0.2) is 24.5 Å². The Morgan fingerprint density at radius 1 is 1.15 bits per heavy atom. The maximum absolute atomic E-state index is 5.95. The minimum Gasteiger partial charge on any atom is -0.372 e. The third-order valence-corrected chi connectivity index (χ3v) is 6.37. The molecule has 0 amide bonds. The highest BCUT2D eigenvalue weighted by atomic mass is 32.1. The Morgan fingerprint density at radius 2 is 2.00 bits per heavy atom. The number of thiophene rings is 1. The first-order chi connectivity index (χ1) is 12.7. The predicted molar refractivity (Wildman–Crippen MR) is 105 cm³/mol. The van der Waals surface area contributed by atoms with Crippen molar-refractivity contribution in [3.8, 4) is 11.4 Å². The molecule has 0 bridgehead atoms. The molecule has 1 aliphatic heterocycles. The molecule has 0 spiro atoms. The molecule has 0 N–H and O–H groups in total. The van der Waals surface area contributed by atoms with E-state index in [0.717, 1.165) is 41.5 Å². The molecular weight excluding hydrogens is 344 g/mol. The summed E-state index contributed by atoms with van der Waals surface area (Å²) in [6.45, 7) is 6.02. The second kappa shape index (κ2) is 6.28. The number of anilines is 1. The van der Waals surface area contributed by atoms with Crippen molar-refractivity contribution in [2.24, 2.45) is 0 Å². The van der Waals surface area contributed by atoms with Crippen molar-refractivity contribution >= 4 is 27.4 Å². The molecule has 5 rings (SSSR count). The van der Waals surface area contributed by atoms with Gasteiger partial charge in [-0.3, -0.25) is 4.98 Å². The van der Waals surface area contributed by atoms with Gasteiger partial charge in [0.2, 0.25) is 0 Å². The Morgan fingerprint density at radius 3 is 2.77 bits per heavy atom. The van der Waals surface area contributed by atoms with Crippen LogP contribution in [-0.4, -0.2) is 40.2 Å². The van der Waals surface area contributed by atoms with E-state index < -0.39 is 0 Å². The zero-order valence-corrected chi connectivity index (χ0v) is 15.9. The molecule has 3 aromatic heterocycles. The number of rotatable bonds is 2. The largest absolute Gasteiger partial charge is 0.372 e.